The van der Waals surface area contributed by atoms with E-state index in [1.54, 1.807) is 4.90 Å². The average molecular weight is 510 g/mol. The summed E-state index contributed by atoms with van der Waals surface area (Å²) in [5.74, 6) is 0.113. The van der Waals surface area contributed by atoms with Crippen molar-refractivity contribution in [1.82, 2.24) is 10.2 Å². The summed E-state index contributed by atoms with van der Waals surface area (Å²) in [6.07, 6.45) is 4.34. The Morgan fingerprint density at radius 3 is 2.57 bits per heavy atom. The van der Waals surface area contributed by atoms with Crippen molar-refractivity contribution in [2.24, 2.45) is 0 Å². The van der Waals surface area contributed by atoms with Gasteiger partial charge >= 0.3 is 0 Å². The Morgan fingerprint density at radius 2 is 1.90 bits per heavy atom. The molecule has 1 atom stereocenters. The summed E-state index contributed by atoms with van der Waals surface area (Å²) in [5, 5.41) is 3.79. The zero-order valence-electron chi connectivity index (χ0n) is 16.9. The number of carbonyl (C=O) groups is 2. The topological polar surface area (TPSA) is 49.4 Å². The molecular weight excluding hydrogens is 484 g/mol. The van der Waals surface area contributed by atoms with Crippen LogP contribution in [0.15, 0.2) is 57.9 Å². The lowest BCUT2D eigenvalue weighted by Crippen LogP contribution is -2.50. The Bertz CT molecular complexity index is 872. The molecule has 0 aromatic heterocycles. The van der Waals surface area contributed by atoms with Crippen molar-refractivity contribution in [3.63, 3.8) is 0 Å². The van der Waals surface area contributed by atoms with Crippen LogP contribution in [0.1, 0.15) is 38.2 Å². The first-order valence-corrected chi connectivity index (χ1v) is 12.3. The molecule has 1 N–H and O–H groups in total. The molecule has 0 spiro atoms. The lowest BCUT2D eigenvalue weighted by Gasteiger charge is -2.29. The molecule has 30 heavy (non-hydrogen) atoms. The van der Waals surface area contributed by atoms with Crippen LogP contribution in [0.25, 0.3) is 0 Å². The standard InChI is InChI=1S/C23H26BrClN2O2S/c1-16(23(29)26-20-7-2-3-8-20)27(14-17-5-4-6-18(24)13-17)22(28)15-30-21-11-9-19(25)10-12-21/h4-6,9-13,16,20H,2-3,7-8,14-15H2,1H3,(H,26,29). The number of halogens is 2. The van der Waals surface area contributed by atoms with Crippen molar-refractivity contribution >= 4 is 51.1 Å². The van der Waals surface area contributed by atoms with Gasteiger partial charge in [-0.1, -0.05) is 52.5 Å². The predicted molar refractivity (Wildman–Crippen MR) is 127 cm³/mol. The number of hydrogen-bond acceptors (Lipinski definition) is 3. The second-order valence-electron chi connectivity index (χ2n) is 7.56. The number of rotatable bonds is 8. The number of benzene rings is 2. The molecule has 2 amide bonds. The van der Waals surface area contributed by atoms with Crippen LogP contribution in [-0.2, 0) is 16.1 Å². The van der Waals surface area contributed by atoms with E-state index in [2.05, 4.69) is 21.2 Å². The third kappa shape index (κ3) is 6.76. The van der Waals surface area contributed by atoms with E-state index in [4.69, 9.17) is 11.6 Å². The third-order valence-corrected chi connectivity index (χ3v) is 7.03. The SMILES string of the molecule is CC(C(=O)NC1CCCC1)N(Cc1cccc(Br)c1)C(=O)CSc1ccc(Cl)cc1. The molecule has 7 heteroatoms. The molecule has 2 aromatic carbocycles. The molecule has 0 bridgehead atoms. The first-order valence-electron chi connectivity index (χ1n) is 10.1. The van der Waals surface area contributed by atoms with Gasteiger partial charge in [0.25, 0.3) is 0 Å². The van der Waals surface area contributed by atoms with E-state index < -0.39 is 6.04 Å². The zero-order valence-corrected chi connectivity index (χ0v) is 20.1. The van der Waals surface area contributed by atoms with E-state index in [9.17, 15) is 9.59 Å². The molecule has 160 valence electrons. The van der Waals surface area contributed by atoms with Gasteiger partial charge in [-0.05, 0) is 61.7 Å². The van der Waals surface area contributed by atoms with E-state index >= 15 is 0 Å². The summed E-state index contributed by atoms with van der Waals surface area (Å²) in [6.45, 7) is 2.20. The van der Waals surface area contributed by atoms with Crippen molar-refractivity contribution < 1.29 is 9.59 Å². The molecule has 0 radical (unpaired) electrons. The highest BCUT2D eigenvalue weighted by atomic mass is 79.9. The average Bonchev–Trinajstić information content (AvgIpc) is 3.24. The van der Waals surface area contributed by atoms with Gasteiger partial charge in [-0.15, -0.1) is 11.8 Å². The number of hydrogen-bond donors (Lipinski definition) is 1. The van der Waals surface area contributed by atoms with E-state index in [1.165, 1.54) is 11.8 Å². The molecule has 1 saturated carbocycles. The molecule has 4 nitrogen and oxygen atoms in total. The summed E-state index contributed by atoms with van der Waals surface area (Å²) in [5.41, 5.74) is 0.981. The van der Waals surface area contributed by atoms with E-state index in [1.807, 2.05) is 55.5 Å². The summed E-state index contributed by atoms with van der Waals surface area (Å²) in [6, 6.07) is 14.9. The number of carbonyl (C=O) groups excluding carboxylic acids is 2. The van der Waals surface area contributed by atoms with Crippen LogP contribution in [-0.4, -0.2) is 34.6 Å². The summed E-state index contributed by atoms with van der Waals surface area (Å²) in [4.78, 5) is 28.7. The van der Waals surface area contributed by atoms with Crippen molar-refractivity contribution in [2.75, 3.05) is 5.75 Å². The van der Waals surface area contributed by atoms with Gasteiger partial charge in [-0.2, -0.15) is 0 Å². The Labute approximate surface area is 195 Å². The largest absolute Gasteiger partial charge is 0.352 e. The van der Waals surface area contributed by atoms with Gasteiger partial charge in [-0.25, -0.2) is 0 Å². The second kappa shape index (κ2) is 11.2. The summed E-state index contributed by atoms with van der Waals surface area (Å²) in [7, 11) is 0. The molecule has 1 aliphatic rings. The van der Waals surface area contributed by atoms with Crippen molar-refractivity contribution in [3.8, 4) is 0 Å². The smallest absolute Gasteiger partial charge is 0.242 e. The van der Waals surface area contributed by atoms with Crippen molar-refractivity contribution in [2.45, 2.75) is 56.1 Å². The van der Waals surface area contributed by atoms with E-state index in [-0.39, 0.29) is 23.6 Å². The van der Waals surface area contributed by atoms with Gasteiger partial charge in [0.2, 0.25) is 11.8 Å². The summed E-state index contributed by atoms with van der Waals surface area (Å²) < 4.78 is 0.950. The quantitative estimate of drug-likeness (QED) is 0.466. The van der Waals surface area contributed by atoms with Crippen molar-refractivity contribution in [3.05, 3.63) is 63.6 Å². The lowest BCUT2D eigenvalue weighted by molar-refractivity contribution is -0.138. The van der Waals surface area contributed by atoms with Gasteiger partial charge in [-0.3, -0.25) is 9.59 Å². The number of amides is 2. The highest BCUT2D eigenvalue weighted by Crippen LogP contribution is 2.23. The zero-order chi connectivity index (χ0) is 21.5. The predicted octanol–water partition coefficient (Wildman–Crippen LogP) is 5.67. The number of nitrogens with one attached hydrogen (secondary N) is 1. The van der Waals surface area contributed by atoms with Crippen LogP contribution in [0.5, 0.6) is 0 Å². The van der Waals surface area contributed by atoms with Gasteiger partial charge < -0.3 is 10.2 Å². The lowest BCUT2D eigenvalue weighted by atomic mass is 10.1. The molecule has 3 rings (SSSR count). The van der Waals surface area contributed by atoms with E-state index in [0.717, 1.165) is 40.6 Å². The van der Waals surface area contributed by atoms with Gasteiger partial charge in [0, 0.05) is 27.0 Å². The Kier molecular flexibility index (Phi) is 8.66. The first-order chi connectivity index (χ1) is 14.4. The van der Waals surface area contributed by atoms with Gasteiger partial charge in [0.15, 0.2) is 0 Å². The van der Waals surface area contributed by atoms with Crippen LogP contribution >= 0.6 is 39.3 Å². The monoisotopic (exact) mass is 508 g/mol. The fourth-order valence-corrected chi connectivity index (χ4v) is 4.92. The molecule has 1 fully saturated rings. The Balaban J connectivity index is 1.70. The van der Waals surface area contributed by atoms with Crippen LogP contribution in [0.3, 0.4) is 0 Å². The maximum Gasteiger partial charge on any atom is 0.242 e. The molecule has 2 aromatic rings. The number of nitrogens with zero attached hydrogens (tertiary/aromatic N) is 1. The fourth-order valence-electron chi connectivity index (χ4n) is 3.57. The molecule has 0 saturated heterocycles. The molecular formula is C23H26BrClN2O2S. The highest BCUT2D eigenvalue weighted by molar-refractivity contribution is 9.10. The first kappa shape index (κ1) is 23.2. The van der Waals surface area contributed by atoms with Crippen LogP contribution in [0, 0.1) is 0 Å². The van der Waals surface area contributed by atoms with Crippen molar-refractivity contribution in [1.29, 1.82) is 0 Å². The van der Waals surface area contributed by atoms with Crippen LogP contribution < -0.4 is 5.32 Å². The van der Waals surface area contributed by atoms with Gasteiger partial charge in [0.1, 0.15) is 6.04 Å². The minimum absolute atomic E-state index is 0.0657. The fraction of sp³-hybridized carbons (Fsp3) is 0.391. The Morgan fingerprint density at radius 1 is 1.20 bits per heavy atom. The normalized spacial score (nSPS) is 15.0. The van der Waals surface area contributed by atoms with E-state index in [0.29, 0.717) is 11.6 Å². The molecule has 0 heterocycles. The highest BCUT2D eigenvalue weighted by Gasteiger charge is 2.28. The maximum absolute atomic E-state index is 13.1. The minimum Gasteiger partial charge on any atom is -0.352 e. The Hall–Kier alpha value is -1.50. The maximum atomic E-state index is 13.1. The molecule has 1 aliphatic carbocycles. The second-order valence-corrected chi connectivity index (χ2v) is 9.96. The summed E-state index contributed by atoms with van der Waals surface area (Å²) >= 11 is 10.9. The molecule has 1 unspecified atom stereocenters. The molecule has 0 aliphatic heterocycles. The third-order valence-electron chi connectivity index (χ3n) is 5.29. The van der Waals surface area contributed by atoms with Gasteiger partial charge in [0.05, 0.1) is 5.75 Å². The van der Waals surface area contributed by atoms with Crippen LogP contribution in [0.4, 0.5) is 0 Å². The number of thioether (sulfide) groups is 1. The minimum atomic E-state index is -0.539. The van der Waals surface area contributed by atoms with Crippen LogP contribution in [0.2, 0.25) is 5.02 Å².